The van der Waals surface area contributed by atoms with Crippen LogP contribution in [0.3, 0.4) is 0 Å². The Labute approximate surface area is 175 Å². The second-order valence-electron chi connectivity index (χ2n) is 6.94. The second-order valence-corrected chi connectivity index (χ2v) is 7.35. The van der Waals surface area contributed by atoms with E-state index in [0.717, 1.165) is 0 Å². The molecule has 5 rings (SSSR count). The fourth-order valence-corrected chi connectivity index (χ4v) is 3.72. The Balaban J connectivity index is 1.70. The molecule has 30 heavy (non-hydrogen) atoms. The van der Waals surface area contributed by atoms with E-state index in [0.29, 0.717) is 58.5 Å². The molecule has 2 aromatic heterocycles. The maximum atomic E-state index is 13.7. The largest absolute Gasteiger partial charge is 0.353 e. The summed E-state index contributed by atoms with van der Waals surface area (Å²) >= 11 is 6.43. The second kappa shape index (κ2) is 7.51. The van der Waals surface area contributed by atoms with Gasteiger partial charge in [0.25, 0.3) is 0 Å². The van der Waals surface area contributed by atoms with Crippen molar-refractivity contribution in [2.45, 2.75) is 6.04 Å². The van der Waals surface area contributed by atoms with E-state index in [2.05, 4.69) is 31.0 Å². The molecule has 1 atom stereocenters. The number of nitrogens with one attached hydrogen (secondary N) is 3. The van der Waals surface area contributed by atoms with Gasteiger partial charge >= 0.3 is 0 Å². The summed E-state index contributed by atoms with van der Waals surface area (Å²) in [5.41, 5.74) is 1.60. The van der Waals surface area contributed by atoms with Gasteiger partial charge in [-0.05, 0) is 24.3 Å². The molecule has 1 amide bonds. The number of rotatable bonds is 3. The third-order valence-corrected chi connectivity index (χ3v) is 5.22. The number of carbonyl (C=O) groups is 1. The third-order valence-electron chi connectivity index (χ3n) is 4.90. The van der Waals surface area contributed by atoms with Gasteiger partial charge < -0.3 is 16.0 Å². The van der Waals surface area contributed by atoms with Crippen LogP contribution in [-0.2, 0) is 4.79 Å². The fraction of sp³-hybridized carbons (Fsp3) is 0.200. The summed E-state index contributed by atoms with van der Waals surface area (Å²) in [6, 6.07) is 10.9. The maximum absolute atomic E-state index is 13.7. The predicted molar refractivity (Wildman–Crippen MR) is 112 cm³/mol. The zero-order valence-electron chi connectivity index (χ0n) is 15.7. The Hall–Kier alpha value is -3.30. The summed E-state index contributed by atoms with van der Waals surface area (Å²) in [5, 5.41) is 14.8. The summed E-state index contributed by atoms with van der Waals surface area (Å²) < 4.78 is 15.2. The first-order valence-electron chi connectivity index (χ1n) is 9.46. The molecule has 0 aliphatic carbocycles. The highest BCUT2D eigenvalue weighted by atomic mass is 35.5. The van der Waals surface area contributed by atoms with Gasteiger partial charge in [0, 0.05) is 25.2 Å². The highest BCUT2D eigenvalue weighted by molar-refractivity contribution is 6.36. The van der Waals surface area contributed by atoms with Gasteiger partial charge in [-0.3, -0.25) is 4.79 Å². The number of nitrogens with zero attached hydrogens (tertiary/aromatic N) is 4. The molecule has 4 aromatic rings. The predicted octanol–water partition coefficient (Wildman–Crippen LogP) is 2.24. The molecule has 0 radical (unpaired) electrons. The lowest BCUT2D eigenvalue weighted by molar-refractivity contribution is -0.121. The van der Waals surface area contributed by atoms with Crippen LogP contribution in [0, 0.1) is 5.82 Å². The van der Waals surface area contributed by atoms with Gasteiger partial charge in [0.1, 0.15) is 11.9 Å². The topological polar surface area (TPSA) is 96.2 Å². The average molecular weight is 426 g/mol. The molecular weight excluding hydrogens is 409 g/mol. The van der Waals surface area contributed by atoms with Crippen LogP contribution in [0.5, 0.6) is 0 Å². The molecule has 8 nitrogen and oxygen atoms in total. The van der Waals surface area contributed by atoms with E-state index in [1.807, 2.05) is 6.07 Å². The first kappa shape index (κ1) is 18.7. The molecule has 2 aromatic carbocycles. The highest BCUT2D eigenvalue weighted by Crippen LogP contribution is 2.29. The van der Waals surface area contributed by atoms with Crippen LogP contribution in [0.1, 0.15) is 0 Å². The molecule has 0 saturated carbocycles. The van der Waals surface area contributed by atoms with Gasteiger partial charge in [-0.1, -0.05) is 29.8 Å². The molecular formula is C20H17ClFN7O. The first-order chi connectivity index (χ1) is 14.6. The van der Waals surface area contributed by atoms with Gasteiger partial charge in [0.05, 0.1) is 15.9 Å². The lowest BCUT2D eigenvalue weighted by atomic mass is 10.2. The van der Waals surface area contributed by atoms with Crippen molar-refractivity contribution in [3.8, 4) is 11.4 Å². The Morgan fingerprint density at radius 2 is 2.03 bits per heavy atom. The van der Waals surface area contributed by atoms with Crippen molar-refractivity contribution in [2.75, 3.05) is 25.0 Å². The van der Waals surface area contributed by atoms with Gasteiger partial charge in [0.15, 0.2) is 11.5 Å². The van der Waals surface area contributed by atoms with Crippen molar-refractivity contribution in [3.05, 3.63) is 53.3 Å². The van der Waals surface area contributed by atoms with Crippen molar-refractivity contribution in [3.63, 3.8) is 0 Å². The SMILES string of the molecule is O=C1NCCNC[C@@H]1Nc1nc2cccc(Cl)c2c2nc(-c3cccc(F)c3)nn12. The van der Waals surface area contributed by atoms with E-state index >= 15 is 0 Å². The van der Waals surface area contributed by atoms with Crippen molar-refractivity contribution < 1.29 is 9.18 Å². The number of carbonyl (C=O) groups excluding carboxylic acids is 1. The fourth-order valence-electron chi connectivity index (χ4n) is 3.46. The minimum Gasteiger partial charge on any atom is -0.353 e. The molecule has 0 unspecified atom stereocenters. The number of hydrogen-bond acceptors (Lipinski definition) is 6. The summed E-state index contributed by atoms with van der Waals surface area (Å²) in [7, 11) is 0. The Kier molecular flexibility index (Phi) is 4.68. The summed E-state index contributed by atoms with van der Waals surface area (Å²) in [6.07, 6.45) is 0. The molecule has 3 N–H and O–H groups in total. The normalized spacial score (nSPS) is 17.1. The first-order valence-corrected chi connectivity index (χ1v) is 9.84. The zero-order valence-corrected chi connectivity index (χ0v) is 16.4. The lowest BCUT2D eigenvalue weighted by Gasteiger charge is -2.16. The quantitative estimate of drug-likeness (QED) is 0.466. The van der Waals surface area contributed by atoms with E-state index in [9.17, 15) is 9.18 Å². The number of fused-ring (bicyclic) bond motifs is 3. The molecule has 0 spiro atoms. The van der Waals surface area contributed by atoms with Crippen LogP contribution in [0.25, 0.3) is 27.9 Å². The summed E-state index contributed by atoms with van der Waals surface area (Å²) in [6.45, 7) is 1.68. The summed E-state index contributed by atoms with van der Waals surface area (Å²) in [4.78, 5) is 21.6. The molecule has 3 heterocycles. The van der Waals surface area contributed by atoms with E-state index in [1.165, 1.54) is 16.6 Å². The van der Waals surface area contributed by atoms with Gasteiger partial charge in [-0.2, -0.15) is 4.52 Å². The van der Waals surface area contributed by atoms with Crippen molar-refractivity contribution in [2.24, 2.45) is 0 Å². The van der Waals surface area contributed by atoms with Gasteiger partial charge in [-0.15, -0.1) is 5.10 Å². The van der Waals surface area contributed by atoms with Gasteiger partial charge in [0.2, 0.25) is 11.9 Å². The molecule has 1 aliphatic heterocycles. The van der Waals surface area contributed by atoms with E-state index < -0.39 is 6.04 Å². The minimum absolute atomic E-state index is 0.133. The molecule has 0 bridgehead atoms. The van der Waals surface area contributed by atoms with E-state index in [1.54, 1.807) is 24.3 Å². The van der Waals surface area contributed by atoms with Crippen LogP contribution >= 0.6 is 11.6 Å². The number of benzene rings is 2. The maximum Gasteiger partial charge on any atom is 0.243 e. The lowest BCUT2D eigenvalue weighted by Crippen LogP contribution is -2.42. The Bertz CT molecular complexity index is 1270. The standard InChI is InChI=1S/C20H17ClFN7O/c21-13-5-2-6-14-16(13)18-27-17(11-3-1-4-12(22)9-11)28-29(18)20(25-14)26-15-10-23-7-8-24-19(15)30/h1-6,9,15,23H,7-8,10H2,(H,24,30)(H,25,26)/t15-/m0/s1. The molecule has 1 aliphatic rings. The molecule has 152 valence electrons. The number of halogens is 2. The van der Waals surface area contributed by atoms with Crippen LogP contribution in [0.4, 0.5) is 10.3 Å². The van der Waals surface area contributed by atoms with Gasteiger partial charge in [-0.25, -0.2) is 14.4 Å². The summed E-state index contributed by atoms with van der Waals surface area (Å²) in [5.74, 6) is 0.160. The Morgan fingerprint density at radius 1 is 1.17 bits per heavy atom. The monoisotopic (exact) mass is 425 g/mol. The van der Waals surface area contributed by atoms with E-state index in [-0.39, 0.29) is 11.7 Å². The van der Waals surface area contributed by atoms with Crippen molar-refractivity contribution >= 4 is 40.0 Å². The average Bonchev–Trinajstić information content (AvgIpc) is 3.08. The highest BCUT2D eigenvalue weighted by Gasteiger charge is 2.24. The number of amides is 1. The van der Waals surface area contributed by atoms with Crippen LogP contribution < -0.4 is 16.0 Å². The number of anilines is 1. The van der Waals surface area contributed by atoms with E-state index in [4.69, 9.17) is 11.6 Å². The minimum atomic E-state index is -0.540. The van der Waals surface area contributed by atoms with Crippen molar-refractivity contribution in [1.29, 1.82) is 0 Å². The molecule has 1 fully saturated rings. The number of hydrogen-bond donors (Lipinski definition) is 3. The van der Waals surface area contributed by atoms with Crippen LogP contribution in [0.2, 0.25) is 5.02 Å². The van der Waals surface area contributed by atoms with Crippen molar-refractivity contribution in [1.82, 2.24) is 30.2 Å². The molecule has 10 heteroatoms. The number of aromatic nitrogens is 4. The van der Waals surface area contributed by atoms with Crippen LogP contribution in [0.15, 0.2) is 42.5 Å². The third kappa shape index (κ3) is 3.31. The zero-order chi connectivity index (χ0) is 20.7. The smallest absolute Gasteiger partial charge is 0.243 e. The Morgan fingerprint density at radius 3 is 2.90 bits per heavy atom. The molecule has 1 saturated heterocycles. The van der Waals surface area contributed by atoms with Crippen LogP contribution in [-0.4, -0.2) is 51.2 Å².